The monoisotopic (exact) mass is 414 g/mol. The van der Waals surface area contributed by atoms with E-state index < -0.39 is 0 Å². The van der Waals surface area contributed by atoms with E-state index in [2.05, 4.69) is 26.6 Å². The second kappa shape index (κ2) is 6.54. The minimum absolute atomic E-state index is 0.0641. The summed E-state index contributed by atoms with van der Waals surface area (Å²) >= 11 is 5.05. The van der Waals surface area contributed by atoms with Crippen molar-refractivity contribution in [1.29, 1.82) is 0 Å². The van der Waals surface area contributed by atoms with Gasteiger partial charge >= 0.3 is 0 Å². The molecule has 25 heavy (non-hydrogen) atoms. The number of methoxy groups -OCH3 is 1. The second-order valence-electron chi connectivity index (χ2n) is 5.66. The molecule has 1 aliphatic rings. The molecule has 1 amide bonds. The van der Waals surface area contributed by atoms with E-state index in [0.29, 0.717) is 5.56 Å². The number of fused-ring (bicyclic) bond motifs is 1. The Kier molecular flexibility index (Phi) is 4.23. The van der Waals surface area contributed by atoms with Crippen LogP contribution in [0, 0.1) is 0 Å². The van der Waals surface area contributed by atoms with Crippen LogP contribution in [0.15, 0.2) is 58.4 Å². The van der Waals surface area contributed by atoms with Crippen LogP contribution in [0.4, 0.5) is 5.00 Å². The molecule has 1 aromatic heterocycles. The lowest BCUT2D eigenvalue weighted by Gasteiger charge is -2.27. The average molecular weight is 415 g/mol. The van der Waals surface area contributed by atoms with Crippen LogP contribution >= 0.6 is 27.3 Å². The van der Waals surface area contributed by atoms with Crippen molar-refractivity contribution >= 4 is 38.2 Å². The molecule has 0 unspecified atom stereocenters. The molecule has 2 N–H and O–H groups in total. The van der Waals surface area contributed by atoms with E-state index in [1.807, 2.05) is 53.9 Å². The maximum atomic E-state index is 12.8. The largest absolute Gasteiger partial charge is 0.496 e. The molecule has 6 heteroatoms. The van der Waals surface area contributed by atoms with Crippen molar-refractivity contribution in [2.45, 2.75) is 6.17 Å². The van der Waals surface area contributed by atoms with Crippen LogP contribution in [-0.2, 0) is 0 Å². The molecule has 3 aromatic rings. The zero-order chi connectivity index (χ0) is 17.4. The van der Waals surface area contributed by atoms with Crippen LogP contribution in [0.2, 0.25) is 0 Å². The SMILES string of the molecule is COc1ccc([C@H]2NC(=O)c3c(-c4ccccc4)csc3N2)cc1Br. The summed E-state index contributed by atoms with van der Waals surface area (Å²) in [6.45, 7) is 0. The summed E-state index contributed by atoms with van der Waals surface area (Å²) in [5, 5.41) is 9.38. The van der Waals surface area contributed by atoms with E-state index in [4.69, 9.17) is 4.74 Å². The first kappa shape index (κ1) is 16.2. The van der Waals surface area contributed by atoms with Gasteiger partial charge in [0.15, 0.2) is 0 Å². The van der Waals surface area contributed by atoms with Gasteiger partial charge in [-0.1, -0.05) is 36.4 Å². The summed E-state index contributed by atoms with van der Waals surface area (Å²) < 4.78 is 6.12. The van der Waals surface area contributed by atoms with Gasteiger partial charge in [0.05, 0.1) is 17.1 Å². The topological polar surface area (TPSA) is 50.4 Å². The van der Waals surface area contributed by atoms with Gasteiger partial charge in [-0.25, -0.2) is 0 Å². The van der Waals surface area contributed by atoms with Crippen molar-refractivity contribution in [1.82, 2.24) is 5.32 Å². The van der Waals surface area contributed by atoms with Crippen molar-refractivity contribution in [3.05, 3.63) is 69.5 Å². The van der Waals surface area contributed by atoms with Crippen LogP contribution in [0.3, 0.4) is 0 Å². The maximum absolute atomic E-state index is 12.8. The highest BCUT2D eigenvalue weighted by atomic mass is 79.9. The molecule has 0 aliphatic carbocycles. The zero-order valence-corrected chi connectivity index (χ0v) is 15.8. The molecule has 126 valence electrons. The molecule has 0 saturated carbocycles. The van der Waals surface area contributed by atoms with Crippen LogP contribution < -0.4 is 15.4 Å². The number of carbonyl (C=O) groups excluding carboxylic acids is 1. The fourth-order valence-corrected chi connectivity index (χ4v) is 4.47. The first-order valence-corrected chi connectivity index (χ1v) is 9.42. The number of thiophene rings is 1. The molecule has 1 atom stereocenters. The lowest BCUT2D eigenvalue weighted by Crippen LogP contribution is -2.37. The van der Waals surface area contributed by atoms with Gasteiger partial charge in [-0.15, -0.1) is 11.3 Å². The molecule has 0 saturated heterocycles. The molecular weight excluding hydrogens is 400 g/mol. The van der Waals surface area contributed by atoms with Crippen molar-refractivity contribution in [2.24, 2.45) is 0 Å². The Labute approximate surface area is 158 Å². The number of benzene rings is 2. The first-order valence-electron chi connectivity index (χ1n) is 7.75. The van der Waals surface area contributed by atoms with Crippen molar-refractivity contribution < 1.29 is 9.53 Å². The third-order valence-corrected chi connectivity index (χ3v) is 5.69. The highest BCUT2D eigenvalue weighted by Crippen LogP contribution is 2.40. The van der Waals surface area contributed by atoms with Crippen molar-refractivity contribution in [3.8, 4) is 16.9 Å². The second-order valence-corrected chi connectivity index (χ2v) is 7.40. The Morgan fingerprint density at radius 2 is 1.92 bits per heavy atom. The summed E-state index contributed by atoms with van der Waals surface area (Å²) in [6, 6.07) is 15.7. The molecule has 0 radical (unpaired) electrons. The molecule has 0 bridgehead atoms. The minimum atomic E-state index is -0.274. The Hall–Kier alpha value is -2.31. The van der Waals surface area contributed by atoms with Gasteiger partial charge in [0, 0.05) is 10.9 Å². The molecule has 2 aromatic carbocycles. The maximum Gasteiger partial charge on any atom is 0.256 e. The number of hydrogen-bond donors (Lipinski definition) is 2. The lowest BCUT2D eigenvalue weighted by molar-refractivity contribution is 0.0937. The third kappa shape index (κ3) is 2.92. The molecular formula is C19H15BrN2O2S. The van der Waals surface area contributed by atoms with Gasteiger partial charge in [0.25, 0.3) is 5.91 Å². The Morgan fingerprint density at radius 3 is 2.64 bits per heavy atom. The quantitative estimate of drug-likeness (QED) is 0.630. The van der Waals surface area contributed by atoms with Crippen LogP contribution in [0.5, 0.6) is 5.75 Å². The minimum Gasteiger partial charge on any atom is -0.496 e. The summed E-state index contributed by atoms with van der Waals surface area (Å²) in [6.07, 6.45) is -0.274. The summed E-state index contributed by atoms with van der Waals surface area (Å²) in [7, 11) is 1.63. The predicted octanol–water partition coefficient (Wildman–Crippen LogP) is 5.04. The number of amides is 1. The standard InChI is InChI=1S/C19H15BrN2O2S/c1-24-15-8-7-12(9-14(15)20)17-21-18(23)16-13(10-25-19(16)22-17)11-5-3-2-4-6-11/h2-10,17,22H,1H3,(H,21,23)/t17-/m0/s1. The zero-order valence-electron chi connectivity index (χ0n) is 13.4. The smallest absolute Gasteiger partial charge is 0.256 e. The predicted molar refractivity (Wildman–Crippen MR) is 104 cm³/mol. The van der Waals surface area contributed by atoms with Crippen molar-refractivity contribution in [2.75, 3.05) is 12.4 Å². The molecule has 4 nitrogen and oxygen atoms in total. The Bertz CT molecular complexity index is 940. The third-order valence-electron chi connectivity index (χ3n) is 4.16. The number of halogens is 1. The summed E-state index contributed by atoms with van der Waals surface area (Å²) in [5.41, 5.74) is 3.67. The van der Waals surface area contributed by atoms with Gasteiger partial charge in [0.1, 0.15) is 16.9 Å². The van der Waals surface area contributed by atoms with E-state index in [1.54, 1.807) is 18.4 Å². The number of ether oxygens (including phenoxy) is 1. The van der Waals surface area contributed by atoms with Crippen LogP contribution in [0.25, 0.3) is 11.1 Å². The van der Waals surface area contributed by atoms with E-state index in [9.17, 15) is 4.79 Å². The van der Waals surface area contributed by atoms with Gasteiger partial charge in [-0.2, -0.15) is 0 Å². The van der Waals surface area contributed by atoms with E-state index in [0.717, 1.165) is 31.9 Å². The number of nitrogens with one attached hydrogen (secondary N) is 2. The number of hydrogen-bond acceptors (Lipinski definition) is 4. The fourth-order valence-electron chi connectivity index (χ4n) is 2.92. The van der Waals surface area contributed by atoms with Gasteiger partial charge in [0.2, 0.25) is 0 Å². The number of carbonyl (C=O) groups is 1. The molecule has 1 aliphatic heterocycles. The van der Waals surface area contributed by atoms with E-state index in [1.165, 1.54) is 0 Å². The molecule has 0 fully saturated rings. The van der Waals surface area contributed by atoms with Gasteiger partial charge < -0.3 is 15.4 Å². The molecule has 0 spiro atoms. The number of anilines is 1. The van der Waals surface area contributed by atoms with Crippen LogP contribution in [-0.4, -0.2) is 13.0 Å². The van der Waals surface area contributed by atoms with Gasteiger partial charge in [-0.3, -0.25) is 4.79 Å². The Morgan fingerprint density at radius 1 is 1.12 bits per heavy atom. The molecule has 2 heterocycles. The highest BCUT2D eigenvalue weighted by molar-refractivity contribution is 9.10. The van der Waals surface area contributed by atoms with Crippen LogP contribution in [0.1, 0.15) is 22.1 Å². The van der Waals surface area contributed by atoms with E-state index >= 15 is 0 Å². The van der Waals surface area contributed by atoms with Crippen molar-refractivity contribution in [3.63, 3.8) is 0 Å². The average Bonchev–Trinajstić information content (AvgIpc) is 3.07. The van der Waals surface area contributed by atoms with Gasteiger partial charge in [-0.05, 0) is 39.2 Å². The Balaban J connectivity index is 1.68. The summed E-state index contributed by atoms with van der Waals surface area (Å²) in [4.78, 5) is 12.8. The first-order chi connectivity index (χ1) is 12.2. The highest BCUT2D eigenvalue weighted by Gasteiger charge is 2.29. The fraction of sp³-hybridized carbons (Fsp3) is 0.105. The van der Waals surface area contributed by atoms with E-state index in [-0.39, 0.29) is 12.1 Å². The normalized spacial score (nSPS) is 15.9. The number of rotatable bonds is 3. The molecule has 4 rings (SSSR count). The summed E-state index contributed by atoms with van der Waals surface area (Å²) in [5.74, 6) is 0.694. The lowest BCUT2D eigenvalue weighted by atomic mass is 10.0.